The molecule has 3 aliphatic rings. The first-order chi connectivity index (χ1) is 18.3. The zero-order chi connectivity index (χ0) is 25.5. The number of hydrogen-bond acceptors (Lipinski definition) is 2. The molecule has 0 bridgehead atoms. The van der Waals surface area contributed by atoms with Crippen LogP contribution in [0.25, 0.3) is 5.57 Å². The Morgan fingerprint density at radius 3 is 1.76 bits per heavy atom. The van der Waals surface area contributed by atoms with Gasteiger partial charge in [-0.05, 0) is 93.0 Å². The molecule has 3 aromatic carbocycles. The number of methoxy groups -OCH3 is 1. The Balaban J connectivity index is 0.000000504. The van der Waals surface area contributed by atoms with Crippen molar-refractivity contribution in [2.45, 2.75) is 18.3 Å². The van der Waals surface area contributed by atoms with E-state index in [1.807, 2.05) is 106 Å². The second-order valence-corrected chi connectivity index (χ2v) is 9.19. The molecule has 188 valence electrons. The summed E-state index contributed by atoms with van der Waals surface area (Å²) in [6.45, 7) is 0. The second-order valence-electron chi connectivity index (χ2n) is 9.19. The van der Waals surface area contributed by atoms with Crippen LogP contribution in [0, 0.1) is 63.7 Å². The van der Waals surface area contributed by atoms with Gasteiger partial charge in [-0.2, -0.15) is 0 Å². The molecule has 0 saturated heterocycles. The van der Waals surface area contributed by atoms with Gasteiger partial charge in [0.1, 0.15) is 5.75 Å². The Labute approximate surface area is 239 Å². The number of benzene rings is 3. The molecular formula is C35H30FeO2+2. The molecule has 38 heavy (non-hydrogen) atoms. The van der Waals surface area contributed by atoms with Gasteiger partial charge >= 0.3 is 17.1 Å². The van der Waals surface area contributed by atoms with Crippen molar-refractivity contribution in [1.29, 1.82) is 0 Å². The van der Waals surface area contributed by atoms with Crippen LogP contribution in [0.1, 0.15) is 34.9 Å². The first-order valence-corrected chi connectivity index (χ1v) is 12.7. The summed E-state index contributed by atoms with van der Waals surface area (Å²) in [7, 11) is 1.67. The minimum Gasteiger partial charge on any atom is -0.497 e. The van der Waals surface area contributed by atoms with Crippen molar-refractivity contribution in [2.75, 3.05) is 7.11 Å². The summed E-state index contributed by atoms with van der Waals surface area (Å²) >= 11 is 0. The van der Waals surface area contributed by atoms with Crippen LogP contribution in [-0.2, 0) is 21.9 Å². The van der Waals surface area contributed by atoms with Crippen LogP contribution in [0.4, 0.5) is 0 Å². The Kier molecular flexibility index (Phi) is 10.4. The Morgan fingerprint density at radius 2 is 1.21 bits per heavy atom. The van der Waals surface area contributed by atoms with Gasteiger partial charge in [0, 0.05) is 17.4 Å². The van der Waals surface area contributed by atoms with Crippen LogP contribution in [0.5, 0.6) is 5.75 Å². The number of rotatable bonds is 5. The predicted octanol–water partition coefficient (Wildman–Crippen LogP) is 7.41. The van der Waals surface area contributed by atoms with Gasteiger partial charge in [-0.1, -0.05) is 78.4 Å². The fraction of sp³-hybridized carbons (Fsp3) is 0.114. The topological polar surface area (TPSA) is 26.3 Å². The molecule has 10 radical (unpaired) electrons. The molecule has 2 fully saturated rings. The van der Waals surface area contributed by atoms with Crippen molar-refractivity contribution in [3.8, 4) is 5.75 Å². The molecule has 3 heteroatoms. The van der Waals surface area contributed by atoms with E-state index in [0.717, 1.165) is 45.9 Å². The molecule has 0 heterocycles. The van der Waals surface area contributed by atoms with E-state index in [9.17, 15) is 4.79 Å². The zero-order valence-corrected chi connectivity index (χ0v) is 22.4. The summed E-state index contributed by atoms with van der Waals surface area (Å²) in [5.74, 6) is 1.95. The molecule has 0 aromatic heterocycles. The van der Waals surface area contributed by atoms with Crippen molar-refractivity contribution in [2.24, 2.45) is 0 Å². The van der Waals surface area contributed by atoms with Crippen LogP contribution in [-0.4, -0.2) is 12.9 Å². The number of hydrogen-bond donors (Lipinski definition) is 0. The van der Waals surface area contributed by atoms with E-state index in [0.29, 0.717) is 0 Å². The molecule has 0 spiro atoms. The number of Topliss-reactive ketones (excluding diaryl/α,β-unsaturated/α-hetero) is 1. The molecular weight excluding hydrogens is 508 g/mol. The van der Waals surface area contributed by atoms with Crippen molar-refractivity contribution >= 4 is 11.4 Å². The number of ether oxygens (including phenoxy) is 1. The fourth-order valence-corrected chi connectivity index (χ4v) is 5.21. The van der Waals surface area contributed by atoms with Crippen molar-refractivity contribution in [1.82, 2.24) is 0 Å². The summed E-state index contributed by atoms with van der Waals surface area (Å²) in [4.78, 5) is 14.3. The Bertz CT molecular complexity index is 1170. The van der Waals surface area contributed by atoms with Gasteiger partial charge < -0.3 is 4.74 Å². The normalized spacial score (nSPS) is 21.4. The SMILES string of the molecule is COc1ccc(C2CC([C]3[CH][CH][CH][CH]3)=C(c3ccccc3)C(=O)C2c2ccccc2)cc1.[CH]1[CH][CH][CH][CH]1.[Fe+2]. The number of carbonyl (C=O) groups is 1. The van der Waals surface area contributed by atoms with Gasteiger partial charge in [0.2, 0.25) is 0 Å². The van der Waals surface area contributed by atoms with Gasteiger partial charge in [0.15, 0.2) is 5.78 Å². The van der Waals surface area contributed by atoms with Crippen LogP contribution in [0.3, 0.4) is 0 Å². The monoisotopic (exact) mass is 538 g/mol. The summed E-state index contributed by atoms with van der Waals surface area (Å²) in [5.41, 5.74) is 5.18. The molecule has 3 aliphatic carbocycles. The van der Waals surface area contributed by atoms with Crippen molar-refractivity contribution < 1.29 is 26.6 Å². The summed E-state index contributed by atoms with van der Waals surface area (Å²) < 4.78 is 5.37. The molecule has 3 aromatic rings. The second kappa shape index (κ2) is 14.0. The van der Waals surface area contributed by atoms with Gasteiger partial charge in [0.05, 0.1) is 13.0 Å². The van der Waals surface area contributed by atoms with E-state index in [2.05, 4.69) is 37.1 Å². The Morgan fingerprint density at radius 1 is 0.658 bits per heavy atom. The molecule has 2 unspecified atom stereocenters. The zero-order valence-electron chi connectivity index (χ0n) is 21.3. The number of carbonyl (C=O) groups excluding carboxylic acids is 1. The Hall–Kier alpha value is -2.61. The van der Waals surface area contributed by atoms with Crippen molar-refractivity contribution in [3.63, 3.8) is 0 Å². The maximum Gasteiger partial charge on any atom is 2.00 e. The molecule has 0 N–H and O–H groups in total. The first kappa shape index (κ1) is 28.4. The third-order valence-electron chi connectivity index (χ3n) is 6.99. The van der Waals surface area contributed by atoms with Gasteiger partial charge in [-0.15, -0.1) is 0 Å². The summed E-state index contributed by atoms with van der Waals surface area (Å²) in [5, 5.41) is 0. The maximum atomic E-state index is 14.3. The van der Waals surface area contributed by atoms with E-state index >= 15 is 0 Å². The van der Waals surface area contributed by atoms with Gasteiger partial charge in [0.25, 0.3) is 0 Å². The van der Waals surface area contributed by atoms with Crippen LogP contribution >= 0.6 is 0 Å². The van der Waals surface area contributed by atoms with Gasteiger partial charge in [-0.25, -0.2) is 0 Å². The molecule has 0 aliphatic heterocycles. The van der Waals surface area contributed by atoms with E-state index in [4.69, 9.17) is 4.74 Å². The maximum absolute atomic E-state index is 14.3. The molecule has 0 amide bonds. The standard InChI is InChI=1S/C30H25O2.C5H5.Fe/c1-32-25-18-16-22(17-19-25)27-20-26(21-10-8-9-11-21)28(23-12-4-2-5-13-23)30(31)29(27)24-14-6-3-7-15-24;1-2-4-5-3-1;/h2-19,27,29H,20H2,1H3;1-5H;/q;;+2. The number of ketones is 1. The van der Waals surface area contributed by atoms with Crippen LogP contribution in [0.2, 0.25) is 0 Å². The predicted molar refractivity (Wildman–Crippen MR) is 150 cm³/mol. The van der Waals surface area contributed by atoms with E-state index in [1.165, 1.54) is 0 Å². The molecule has 2 nitrogen and oxygen atoms in total. The van der Waals surface area contributed by atoms with Crippen LogP contribution < -0.4 is 4.74 Å². The van der Waals surface area contributed by atoms with E-state index in [-0.39, 0.29) is 34.7 Å². The minimum atomic E-state index is -0.237. The van der Waals surface area contributed by atoms with E-state index < -0.39 is 0 Å². The average Bonchev–Trinajstić information content (AvgIpc) is 3.71. The third-order valence-corrected chi connectivity index (χ3v) is 6.99. The van der Waals surface area contributed by atoms with Crippen LogP contribution in [0.15, 0.2) is 90.5 Å². The average molecular weight is 538 g/mol. The summed E-state index contributed by atoms with van der Waals surface area (Å²) in [6.07, 6.45) is 19.1. The van der Waals surface area contributed by atoms with E-state index in [1.54, 1.807) is 7.11 Å². The first-order valence-electron chi connectivity index (χ1n) is 12.7. The van der Waals surface area contributed by atoms with Crippen molar-refractivity contribution in [3.05, 3.63) is 171 Å². The molecule has 2 saturated carbocycles. The smallest absolute Gasteiger partial charge is 0.497 e. The number of allylic oxidation sites excluding steroid dienone is 2. The molecule has 6 rings (SSSR count). The van der Waals surface area contributed by atoms with Gasteiger partial charge in [-0.3, -0.25) is 4.79 Å². The summed E-state index contributed by atoms with van der Waals surface area (Å²) in [6, 6.07) is 28.5. The third kappa shape index (κ3) is 6.50. The quantitative estimate of drug-likeness (QED) is 0.316. The molecule has 2 atom stereocenters. The largest absolute Gasteiger partial charge is 2.00 e. The minimum absolute atomic E-state index is 0. The fourth-order valence-electron chi connectivity index (χ4n) is 5.21.